The van der Waals surface area contributed by atoms with Gasteiger partial charge >= 0.3 is 0 Å². The summed E-state index contributed by atoms with van der Waals surface area (Å²) in [5.41, 5.74) is 1.21. The number of thiazole rings is 1. The summed E-state index contributed by atoms with van der Waals surface area (Å²) in [6, 6.07) is 3.41. The predicted octanol–water partition coefficient (Wildman–Crippen LogP) is 3.34. The topological polar surface area (TPSA) is 24.9 Å². The molecule has 0 fully saturated rings. The van der Waals surface area contributed by atoms with E-state index in [0.29, 0.717) is 10.7 Å². The molecule has 0 aliphatic rings. The quantitative estimate of drug-likeness (QED) is 0.890. The molecule has 5 heteroatoms. The number of benzene rings is 1. The first kappa shape index (κ1) is 11.0. The molecular formula is C11H10F2N2S. The maximum Gasteiger partial charge on any atom is 0.183 e. The lowest BCUT2D eigenvalue weighted by molar-refractivity contribution is 0.587. The molecule has 0 unspecified atom stereocenters. The van der Waals surface area contributed by atoms with Crippen molar-refractivity contribution in [3.63, 3.8) is 0 Å². The normalized spacial score (nSPS) is 10.4. The molecule has 1 heterocycles. The van der Waals surface area contributed by atoms with E-state index in [1.807, 2.05) is 12.3 Å². The third-order valence-corrected chi connectivity index (χ3v) is 2.97. The number of hydrogen-bond donors (Lipinski definition) is 1. The van der Waals surface area contributed by atoms with Crippen LogP contribution in [-0.2, 0) is 6.54 Å². The maximum absolute atomic E-state index is 13.3. The summed E-state index contributed by atoms with van der Waals surface area (Å²) in [4.78, 5) is 4.17. The van der Waals surface area contributed by atoms with Gasteiger partial charge in [0.25, 0.3) is 0 Å². The van der Waals surface area contributed by atoms with Gasteiger partial charge in [0.15, 0.2) is 5.13 Å². The smallest absolute Gasteiger partial charge is 0.183 e. The van der Waals surface area contributed by atoms with Gasteiger partial charge in [-0.25, -0.2) is 13.8 Å². The monoisotopic (exact) mass is 240 g/mol. The van der Waals surface area contributed by atoms with Gasteiger partial charge in [0.2, 0.25) is 0 Å². The summed E-state index contributed by atoms with van der Waals surface area (Å²) >= 11 is 1.44. The Morgan fingerprint density at radius 2 is 2.19 bits per heavy atom. The Hall–Kier alpha value is -1.49. The van der Waals surface area contributed by atoms with E-state index in [-0.39, 0.29) is 6.54 Å². The predicted molar refractivity (Wildman–Crippen MR) is 60.5 cm³/mol. The largest absolute Gasteiger partial charge is 0.357 e. The van der Waals surface area contributed by atoms with E-state index in [1.54, 1.807) is 0 Å². The van der Waals surface area contributed by atoms with E-state index in [1.165, 1.54) is 17.4 Å². The third kappa shape index (κ3) is 2.55. The lowest BCUT2D eigenvalue weighted by atomic mass is 10.2. The summed E-state index contributed by atoms with van der Waals surface area (Å²) in [6.07, 6.45) is 0. The molecule has 0 saturated heterocycles. The molecule has 1 aromatic carbocycles. The molecule has 0 spiro atoms. The van der Waals surface area contributed by atoms with E-state index < -0.39 is 11.6 Å². The second-order valence-corrected chi connectivity index (χ2v) is 4.24. The van der Waals surface area contributed by atoms with Gasteiger partial charge in [0, 0.05) is 17.5 Å². The number of rotatable bonds is 3. The first-order valence-corrected chi connectivity index (χ1v) is 5.63. The Labute approximate surface area is 96.0 Å². The maximum atomic E-state index is 13.3. The molecule has 0 radical (unpaired) electrons. The molecule has 2 aromatic rings. The second kappa shape index (κ2) is 4.57. The molecule has 0 saturated carbocycles. The number of aryl methyl sites for hydroxylation is 1. The van der Waals surface area contributed by atoms with Crippen molar-refractivity contribution >= 4 is 16.5 Å². The molecule has 0 aliphatic heterocycles. The minimum atomic E-state index is -0.437. The van der Waals surface area contributed by atoms with Crippen molar-refractivity contribution in [2.24, 2.45) is 0 Å². The number of aromatic nitrogens is 1. The summed E-state index contributed by atoms with van der Waals surface area (Å²) in [6.45, 7) is 2.11. The van der Waals surface area contributed by atoms with E-state index >= 15 is 0 Å². The third-order valence-electron chi connectivity index (χ3n) is 2.06. The fourth-order valence-electron chi connectivity index (χ4n) is 1.28. The van der Waals surface area contributed by atoms with Gasteiger partial charge in [-0.05, 0) is 25.1 Å². The molecule has 84 valence electrons. The van der Waals surface area contributed by atoms with Gasteiger partial charge in [0.05, 0.1) is 5.69 Å². The molecule has 0 amide bonds. The van der Waals surface area contributed by atoms with E-state index in [0.717, 1.165) is 17.8 Å². The van der Waals surface area contributed by atoms with Crippen LogP contribution < -0.4 is 5.32 Å². The van der Waals surface area contributed by atoms with Crippen LogP contribution in [0.5, 0.6) is 0 Å². The SMILES string of the molecule is Cc1csc(NCc2cc(F)ccc2F)n1. The van der Waals surface area contributed by atoms with Crippen LogP contribution in [0.4, 0.5) is 13.9 Å². The van der Waals surface area contributed by atoms with Crippen molar-refractivity contribution < 1.29 is 8.78 Å². The standard InChI is InChI=1S/C11H10F2N2S/c1-7-6-16-11(15-7)14-5-8-4-9(12)2-3-10(8)13/h2-4,6H,5H2,1H3,(H,14,15). The van der Waals surface area contributed by atoms with Crippen molar-refractivity contribution in [2.75, 3.05) is 5.32 Å². The number of anilines is 1. The van der Waals surface area contributed by atoms with Gasteiger partial charge in [-0.3, -0.25) is 0 Å². The highest BCUT2D eigenvalue weighted by Crippen LogP contribution is 2.17. The number of hydrogen-bond acceptors (Lipinski definition) is 3. The molecule has 16 heavy (non-hydrogen) atoms. The van der Waals surface area contributed by atoms with E-state index in [4.69, 9.17) is 0 Å². The molecule has 0 bridgehead atoms. The average molecular weight is 240 g/mol. The molecule has 2 nitrogen and oxygen atoms in total. The summed E-state index contributed by atoms with van der Waals surface area (Å²) in [5, 5.41) is 5.55. The van der Waals surface area contributed by atoms with Gasteiger partial charge in [-0.1, -0.05) is 0 Å². The zero-order valence-corrected chi connectivity index (χ0v) is 9.44. The Bertz CT molecular complexity index is 496. The minimum absolute atomic E-state index is 0.233. The van der Waals surface area contributed by atoms with Crippen LogP contribution in [0.15, 0.2) is 23.6 Å². The fraction of sp³-hybridized carbons (Fsp3) is 0.182. The number of halogens is 2. The molecule has 1 aromatic heterocycles. The lowest BCUT2D eigenvalue weighted by Gasteiger charge is -2.04. The molecule has 0 aliphatic carbocycles. The number of nitrogens with one attached hydrogen (secondary N) is 1. The van der Waals surface area contributed by atoms with Crippen molar-refractivity contribution in [3.05, 3.63) is 46.5 Å². The van der Waals surface area contributed by atoms with Crippen molar-refractivity contribution in [1.82, 2.24) is 4.98 Å². The highest BCUT2D eigenvalue weighted by molar-refractivity contribution is 7.13. The van der Waals surface area contributed by atoms with Crippen LogP contribution in [0.1, 0.15) is 11.3 Å². The minimum Gasteiger partial charge on any atom is -0.357 e. The first-order valence-electron chi connectivity index (χ1n) is 4.75. The van der Waals surface area contributed by atoms with Gasteiger partial charge in [-0.15, -0.1) is 11.3 Å². The second-order valence-electron chi connectivity index (χ2n) is 3.38. The summed E-state index contributed by atoms with van der Waals surface area (Å²) in [7, 11) is 0. The van der Waals surface area contributed by atoms with Gasteiger partial charge < -0.3 is 5.32 Å². The Kier molecular flexibility index (Phi) is 3.14. The lowest BCUT2D eigenvalue weighted by Crippen LogP contribution is -2.02. The molecule has 1 N–H and O–H groups in total. The Morgan fingerprint density at radius 1 is 1.38 bits per heavy atom. The zero-order valence-electron chi connectivity index (χ0n) is 8.63. The van der Waals surface area contributed by atoms with E-state index in [2.05, 4.69) is 10.3 Å². The van der Waals surface area contributed by atoms with Crippen molar-refractivity contribution in [3.8, 4) is 0 Å². The van der Waals surface area contributed by atoms with Crippen LogP contribution in [0.25, 0.3) is 0 Å². The summed E-state index contributed by atoms with van der Waals surface area (Å²) in [5.74, 6) is -0.851. The highest BCUT2D eigenvalue weighted by Gasteiger charge is 2.04. The van der Waals surface area contributed by atoms with Crippen LogP contribution in [0, 0.1) is 18.6 Å². The highest BCUT2D eigenvalue weighted by atomic mass is 32.1. The van der Waals surface area contributed by atoms with Crippen molar-refractivity contribution in [1.29, 1.82) is 0 Å². The Balaban J connectivity index is 2.07. The average Bonchev–Trinajstić information content (AvgIpc) is 2.66. The molecule has 2 rings (SSSR count). The van der Waals surface area contributed by atoms with Gasteiger partial charge in [0.1, 0.15) is 11.6 Å². The van der Waals surface area contributed by atoms with Crippen LogP contribution in [-0.4, -0.2) is 4.98 Å². The van der Waals surface area contributed by atoms with Crippen molar-refractivity contribution in [2.45, 2.75) is 13.5 Å². The molecule has 0 atom stereocenters. The van der Waals surface area contributed by atoms with Crippen LogP contribution >= 0.6 is 11.3 Å². The zero-order chi connectivity index (χ0) is 11.5. The van der Waals surface area contributed by atoms with E-state index in [9.17, 15) is 8.78 Å². The van der Waals surface area contributed by atoms with Gasteiger partial charge in [-0.2, -0.15) is 0 Å². The molecular weight excluding hydrogens is 230 g/mol. The number of nitrogens with zero attached hydrogens (tertiary/aromatic N) is 1. The van der Waals surface area contributed by atoms with Crippen LogP contribution in [0.3, 0.4) is 0 Å². The Morgan fingerprint density at radius 3 is 2.88 bits per heavy atom. The first-order chi connectivity index (χ1) is 7.65. The fourth-order valence-corrected chi connectivity index (χ4v) is 1.97. The van der Waals surface area contributed by atoms with Crippen LogP contribution in [0.2, 0.25) is 0 Å². The summed E-state index contributed by atoms with van der Waals surface area (Å²) < 4.78 is 26.1.